The number of hydrogen-bond acceptors (Lipinski definition) is 8. The van der Waals surface area contributed by atoms with Crippen LogP contribution in [0.1, 0.15) is 27.3 Å². The van der Waals surface area contributed by atoms with Gasteiger partial charge in [0.25, 0.3) is 0 Å². The lowest BCUT2D eigenvalue weighted by atomic mass is 10.2. The molecule has 0 aliphatic carbocycles. The van der Waals surface area contributed by atoms with Crippen molar-refractivity contribution < 1.29 is 33.3 Å². The van der Waals surface area contributed by atoms with Crippen LogP contribution < -0.4 is 14.8 Å². The number of hydrogen-bond donors (Lipinski definition) is 2. The van der Waals surface area contributed by atoms with E-state index in [1.54, 1.807) is 12.1 Å². The highest BCUT2D eigenvalue weighted by molar-refractivity contribution is 7.99. The molecule has 8 nitrogen and oxygen atoms in total. The fourth-order valence-electron chi connectivity index (χ4n) is 2.59. The third kappa shape index (κ3) is 4.37. The Labute approximate surface area is 159 Å². The smallest absolute Gasteiger partial charge is 0.373 e. The van der Waals surface area contributed by atoms with Gasteiger partial charge >= 0.3 is 11.9 Å². The molecule has 0 radical (unpaired) electrons. The Morgan fingerprint density at radius 1 is 1.26 bits per heavy atom. The van der Waals surface area contributed by atoms with Gasteiger partial charge in [-0.1, -0.05) is 6.07 Å². The zero-order valence-corrected chi connectivity index (χ0v) is 15.6. The predicted octanol–water partition coefficient (Wildman–Crippen LogP) is 2.44. The van der Waals surface area contributed by atoms with Gasteiger partial charge in [-0.15, -0.1) is 11.8 Å². The number of carboxylic acids is 1. The van der Waals surface area contributed by atoms with Gasteiger partial charge in [0.05, 0.1) is 19.6 Å². The molecule has 9 heteroatoms. The summed E-state index contributed by atoms with van der Waals surface area (Å²) in [6.07, 6.45) is 0. The molecule has 2 N–H and O–H groups in total. The Morgan fingerprint density at radius 3 is 2.74 bits per heavy atom. The molecule has 1 saturated heterocycles. The van der Waals surface area contributed by atoms with Crippen molar-refractivity contribution in [1.29, 1.82) is 0 Å². The molecule has 1 aliphatic heterocycles. The number of carbonyl (C=O) groups excluding carboxylic acids is 1. The lowest BCUT2D eigenvalue weighted by Gasteiger charge is -2.15. The Bertz CT molecular complexity index is 835. The van der Waals surface area contributed by atoms with Gasteiger partial charge in [-0.25, -0.2) is 4.79 Å². The summed E-state index contributed by atoms with van der Waals surface area (Å²) in [7, 11) is 2.81. The highest BCUT2D eigenvalue weighted by Crippen LogP contribution is 2.37. The quantitative estimate of drug-likeness (QED) is 0.686. The minimum absolute atomic E-state index is 0.107. The number of thioether (sulfide) groups is 1. The molecule has 0 amide bonds. The number of carboxylic acid groups (broad SMARTS) is 1. The first-order valence-electron chi connectivity index (χ1n) is 8.10. The summed E-state index contributed by atoms with van der Waals surface area (Å²) < 4.78 is 21.1. The number of esters is 1. The molecule has 2 aromatic rings. The van der Waals surface area contributed by atoms with Crippen molar-refractivity contribution in [3.05, 3.63) is 47.4 Å². The first kappa shape index (κ1) is 19.1. The zero-order chi connectivity index (χ0) is 19.4. The van der Waals surface area contributed by atoms with Gasteiger partial charge in [0.2, 0.25) is 5.76 Å². The van der Waals surface area contributed by atoms with Gasteiger partial charge < -0.3 is 23.7 Å². The molecule has 144 valence electrons. The number of furan rings is 1. The van der Waals surface area contributed by atoms with Crippen LogP contribution in [-0.4, -0.2) is 43.1 Å². The number of rotatable bonds is 7. The topological polar surface area (TPSA) is 107 Å². The summed E-state index contributed by atoms with van der Waals surface area (Å²) in [6.45, 7) is 0.115. The van der Waals surface area contributed by atoms with E-state index >= 15 is 0 Å². The summed E-state index contributed by atoms with van der Waals surface area (Å²) in [6, 6.07) is 8.02. The van der Waals surface area contributed by atoms with Crippen molar-refractivity contribution >= 4 is 23.7 Å². The lowest BCUT2D eigenvalue weighted by Crippen LogP contribution is -2.33. The molecule has 2 atom stereocenters. The van der Waals surface area contributed by atoms with E-state index in [1.165, 1.54) is 32.0 Å². The SMILES string of the molecule is COC(=O)c1ccc(COc2ccc([C@H]3N[C@@H](C(=O)O)CS3)cc2OC)o1. The molecule has 0 unspecified atom stereocenters. The van der Waals surface area contributed by atoms with Gasteiger partial charge in [0, 0.05) is 5.75 Å². The van der Waals surface area contributed by atoms with Crippen LogP contribution in [0.3, 0.4) is 0 Å². The number of benzene rings is 1. The van der Waals surface area contributed by atoms with E-state index in [-0.39, 0.29) is 17.7 Å². The van der Waals surface area contributed by atoms with Crippen LogP contribution in [0.15, 0.2) is 34.7 Å². The number of nitrogens with one attached hydrogen (secondary N) is 1. The molecule has 1 aliphatic rings. The van der Waals surface area contributed by atoms with E-state index in [0.717, 1.165) is 5.56 Å². The van der Waals surface area contributed by atoms with Gasteiger partial charge in [-0.3, -0.25) is 10.1 Å². The molecular formula is C18H19NO7S. The molecule has 1 aromatic heterocycles. The fraction of sp³-hybridized carbons (Fsp3) is 0.333. The second kappa shape index (κ2) is 8.36. The molecule has 1 aromatic carbocycles. The van der Waals surface area contributed by atoms with E-state index in [1.807, 2.05) is 12.1 Å². The maximum Gasteiger partial charge on any atom is 0.373 e. The van der Waals surface area contributed by atoms with Crippen LogP contribution >= 0.6 is 11.8 Å². The van der Waals surface area contributed by atoms with Crippen LogP contribution in [0.5, 0.6) is 11.5 Å². The van der Waals surface area contributed by atoms with E-state index in [4.69, 9.17) is 19.0 Å². The number of ether oxygens (including phenoxy) is 3. The average molecular weight is 393 g/mol. The summed E-state index contributed by atoms with van der Waals surface area (Å²) >= 11 is 1.53. The molecule has 1 fully saturated rings. The Kier molecular flexibility index (Phi) is 5.92. The van der Waals surface area contributed by atoms with E-state index < -0.39 is 18.0 Å². The van der Waals surface area contributed by atoms with Crippen molar-refractivity contribution in [3.63, 3.8) is 0 Å². The van der Waals surface area contributed by atoms with Gasteiger partial charge in [0.15, 0.2) is 11.5 Å². The first-order valence-corrected chi connectivity index (χ1v) is 9.15. The fourth-order valence-corrected chi connectivity index (χ4v) is 3.81. The molecule has 2 heterocycles. The van der Waals surface area contributed by atoms with Crippen molar-refractivity contribution in [3.8, 4) is 11.5 Å². The molecule has 3 rings (SSSR count). The van der Waals surface area contributed by atoms with Crippen LogP contribution in [0.4, 0.5) is 0 Å². The zero-order valence-electron chi connectivity index (χ0n) is 14.8. The third-order valence-corrected chi connectivity index (χ3v) is 5.26. The van der Waals surface area contributed by atoms with Crippen LogP contribution in [0.25, 0.3) is 0 Å². The monoisotopic (exact) mass is 393 g/mol. The minimum atomic E-state index is -0.860. The molecule has 0 bridgehead atoms. The average Bonchev–Trinajstić information content (AvgIpc) is 3.35. The summed E-state index contributed by atoms with van der Waals surface area (Å²) in [5.41, 5.74) is 0.902. The summed E-state index contributed by atoms with van der Waals surface area (Å²) in [5.74, 6) is 0.700. The normalized spacial score (nSPS) is 18.9. The highest BCUT2D eigenvalue weighted by atomic mass is 32.2. The number of methoxy groups -OCH3 is 2. The lowest BCUT2D eigenvalue weighted by molar-refractivity contribution is -0.138. The number of aliphatic carboxylic acids is 1. The van der Waals surface area contributed by atoms with Crippen molar-refractivity contribution in [2.45, 2.75) is 18.0 Å². The second-order valence-electron chi connectivity index (χ2n) is 5.73. The van der Waals surface area contributed by atoms with E-state index in [0.29, 0.717) is 23.0 Å². The third-order valence-electron chi connectivity index (χ3n) is 3.99. The van der Waals surface area contributed by atoms with E-state index in [9.17, 15) is 9.59 Å². The maximum atomic E-state index is 11.4. The van der Waals surface area contributed by atoms with Crippen molar-refractivity contribution in [2.75, 3.05) is 20.0 Å². The van der Waals surface area contributed by atoms with Gasteiger partial charge in [0.1, 0.15) is 18.4 Å². The largest absolute Gasteiger partial charge is 0.493 e. The number of carbonyl (C=O) groups is 2. The van der Waals surface area contributed by atoms with Crippen LogP contribution in [0.2, 0.25) is 0 Å². The van der Waals surface area contributed by atoms with Crippen LogP contribution in [-0.2, 0) is 16.1 Å². The molecule has 0 spiro atoms. The summed E-state index contributed by atoms with van der Waals surface area (Å²) in [4.78, 5) is 22.5. The van der Waals surface area contributed by atoms with Gasteiger partial charge in [-0.05, 0) is 29.8 Å². The summed E-state index contributed by atoms with van der Waals surface area (Å²) in [5, 5.41) is 12.0. The van der Waals surface area contributed by atoms with Crippen molar-refractivity contribution in [2.24, 2.45) is 0 Å². The van der Waals surface area contributed by atoms with Gasteiger partial charge in [-0.2, -0.15) is 0 Å². The molecule has 0 saturated carbocycles. The second-order valence-corrected chi connectivity index (χ2v) is 6.87. The predicted molar refractivity (Wildman–Crippen MR) is 97.1 cm³/mol. The molecule has 27 heavy (non-hydrogen) atoms. The Hall–Kier alpha value is -2.65. The van der Waals surface area contributed by atoms with E-state index in [2.05, 4.69) is 10.1 Å². The van der Waals surface area contributed by atoms with Crippen LogP contribution in [0, 0.1) is 0 Å². The standard InChI is InChI=1S/C18H19NO7S/c1-23-15-7-10(16-19-12(9-27-16)17(20)21)3-5-13(15)25-8-11-4-6-14(26-11)18(22)24-2/h3-7,12,16,19H,8-9H2,1-2H3,(H,20,21)/t12-,16+/m1/s1. The molecular weight excluding hydrogens is 374 g/mol. The Balaban J connectivity index is 1.67. The maximum absolute atomic E-state index is 11.4. The van der Waals surface area contributed by atoms with Crippen molar-refractivity contribution in [1.82, 2.24) is 5.32 Å². The highest BCUT2D eigenvalue weighted by Gasteiger charge is 2.30. The minimum Gasteiger partial charge on any atom is -0.493 e. The first-order chi connectivity index (χ1) is 13.0. The Morgan fingerprint density at radius 2 is 2.07 bits per heavy atom.